The standard InChI is InChI=1S/C23H52O6Si5/c1-13-18-24-23(20(2)25-23)31(5,6)27-33(9,10)29-34(11,12)28-32(7,8)26-30(3,4)22-16-14-21(19-22)15-17-22/h20-21H,13-19H2,1-12H3. The Morgan fingerprint density at radius 3 is 1.56 bits per heavy atom. The molecule has 3 aliphatic rings. The Morgan fingerprint density at radius 1 is 0.735 bits per heavy atom. The molecule has 1 aliphatic heterocycles. The van der Waals surface area contributed by atoms with Gasteiger partial charge in [-0.15, -0.1) is 0 Å². The smallest absolute Gasteiger partial charge is 0.314 e. The van der Waals surface area contributed by atoms with E-state index in [4.69, 9.17) is 25.9 Å². The molecule has 0 radical (unpaired) electrons. The molecule has 2 atom stereocenters. The molecule has 3 fully saturated rings. The molecule has 1 heterocycles. The molecule has 0 amide bonds. The second kappa shape index (κ2) is 9.55. The van der Waals surface area contributed by atoms with Crippen molar-refractivity contribution in [2.45, 2.75) is 134 Å². The van der Waals surface area contributed by atoms with Crippen LogP contribution in [0, 0.1) is 5.92 Å². The molecule has 2 aliphatic carbocycles. The molecule has 0 aromatic rings. The number of epoxide rings is 1. The first kappa shape index (κ1) is 29.4. The molecule has 2 saturated carbocycles. The van der Waals surface area contributed by atoms with Gasteiger partial charge in [0.25, 0.3) is 0 Å². The van der Waals surface area contributed by atoms with Crippen LogP contribution in [-0.4, -0.2) is 60.4 Å². The highest BCUT2D eigenvalue weighted by atomic mass is 28.5. The lowest BCUT2D eigenvalue weighted by atomic mass is 10.0. The van der Waals surface area contributed by atoms with Crippen molar-refractivity contribution < 1.29 is 25.9 Å². The molecule has 0 aromatic heterocycles. The van der Waals surface area contributed by atoms with Gasteiger partial charge in [0, 0.05) is 6.61 Å². The normalized spacial score (nSPS) is 32.5. The van der Waals surface area contributed by atoms with Crippen molar-refractivity contribution in [2.75, 3.05) is 6.61 Å². The lowest BCUT2D eigenvalue weighted by Gasteiger charge is -2.47. The van der Waals surface area contributed by atoms with E-state index in [1.807, 2.05) is 0 Å². The van der Waals surface area contributed by atoms with E-state index < -0.39 is 47.7 Å². The molecule has 2 bridgehead atoms. The van der Waals surface area contributed by atoms with Gasteiger partial charge in [-0.3, -0.25) is 0 Å². The predicted molar refractivity (Wildman–Crippen MR) is 151 cm³/mol. The summed E-state index contributed by atoms with van der Waals surface area (Å²) in [6.07, 6.45) is 7.93. The van der Waals surface area contributed by atoms with E-state index in [9.17, 15) is 0 Å². The van der Waals surface area contributed by atoms with E-state index in [-0.39, 0.29) is 6.10 Å². The molecule has 34 heavy (non-hydrogen) atoms. The molecular weight excluding hydrogens is 513 g/mol. The number of hydrogen-bond donors (Lipinski definition) is 0. The van der Waals surface area contributed by atoms with E-state index in [1.54, 1.807) is 0 Å². The Morgan fingerprint density at radius 2 is 1.18 bits per heavy atom. The average Bonchev–Trinajstić information content (AvgIpc) is 2.99. The first-order chi connectivity index (χ1) is 15.3. The maximum absolute atomic E-state index is 7.06. The van der Waals surface area contributed by atoms with Crippen LogP contribution in [0.25, 0.3) is 0 Å². The average molecular weight is 565 g/mol. The number of fused-ring (bicyclic) bond motifs is 2. The van der Waals surface area contributed by atoms with Crippen LogP contribution >= 0.6 is 0 Å². The fourth-order valence-corrected chi connectivity index (χ4v) is 33.7. The van der Waals surface area contributed by atoms with Crippen molar-refractivity contribution >= 4 is 42.3 Å². The quantitative estimate of drug-likeness (QED) is 0.178. The van der Waals surface area contributed by atoms with Gasteiger partial charge >= 0.3 is 25.7 Å². The highest BCUT2D eigenvalue weighted by Crippen LogP contribution is 2.64. The molecule has 0 N–H and O–H groups in total. The SMILES string of the molecule is CCCOC1([Si](C)(C)O[Si](C)(C)O[Si](C)(C)O[Si](C)(C)O[Si](C)(C)C23CCC(CC2)C3)OC1C. The summed E-state index contributed by atoms with van der Waals surface area (Å²) in [6.45, 7) is 27.2. The van der Waals surface area contributed by atoms with E-state index in [2.05, 4.69) is 79.3 Å². The van der Waals surface area contributed by atoms with E-state index in [0.29, 0.717) is 11.6 Å². The van der Waals surface area contributed by atoms with Crippen LogP contribution in [0.2, 0.25) is 70.5 Å². The molecule has 0 aromatic carbocycles. The Balaban J connectivity index is 1.63. The van der Waals surface area contributed by atoms with E-state index in [0.717, 1.165) is 12.3 Å². The summed E-state index contributed by atoms with van der Waals surface area (Å²) < 4.78 is 39.7. The van der Waals surface area contributed by atoms with Crippen LogP contribution in [0.4, 0.5) is 0 Å². The summed E-state index contributed by atoms with van der Waals surface area (Å²) in [5, 5.41) is 0.457. The van der Waals surface area contributed by atoms with E-state index in [1.165, 1.54) is 32.1 Å². The summed E-state index contributed by atoms with van der Waals surface area (Å²) >= 11 is 0. The third-order valence-electron chi connectivity index (χ3n) is 8.19. The Kier molecular flexibility index (Phi) is 8.25. The fourth-order valence-electron chi connectivity index (χ4n) is 7.13. The second-order valence-electron chi connectivity index (χ2n) is 13.3. The van der Waals surface area contributed by atoms with Crippen LogP contribution in [0.1, 0.15) is 52.4 Å². The first-order valence-electron chi connectivity index (χ1n) is 13.4. The molecule has 6 nitrogen and oxygen atoms in total. The van der Waals surface area contributed by atoms with Crippen molar-refractivity contribution in [3.8, 4) is 0 Å². The van der Waals surface area contributed by atoms with Crippen LogP contribution in [0.3, 0.4) is 0 Å². The molecular formula is C23H52O6Si5. The largest absolute Gasteiger partial charge is 0.436 e. The number of hydrogen-bond acceptors (Lipinski definition) is 6. The zero-order valence-corrected chi connectivity index (χ0v) is 29.1. The van der Waals surface area contributed by atoms with Gasteiger partial charge in [-0.05, 0) is 109 Å². The molecule has 1 saturated heterocycles. The first-order valence-corrected chi connectivity index (χ1v) is 27.7. The third kappa shape index (κ3) is 6.11. The third-order valence-corrected chi connectivity index (χ3v) is 29.7. The van der Waals surface area contributed by atoms with Crippen LogP contribution < -0.4 is 0 Å². The lowest BCUT2D eigenvalue weighted by Crippen LogP contribution is -2.62. The minimum absolute atomic E-state index is 0.0732. The van der Waals surface area contributed by atoms with Gasteiger partial charge in [-0.1, -0.05) is 19.8 Å². The van der Waals surface area contributed by atoms with Gasteiger partial charge in [0.2, 0.25) is 13.7 Å². The monoisotopic (exact) mass is 564 g/mol. The lowest BCUT2D eigenvalue weighted by molar-refractivity contribution is -0.000597. The molecule has 3 rings (SSSR count). The van der Waals surface area contributed by atoms with Crippen molar-refractivity contribution in [1.29, 1.82) is 0 Å². The van der Waals surface area contributed by atoms with Crippen molar-refractivity contribution in [3.05, 3.63) is 0 Å². The van der Waals surface area contributed by atoms with Crippen LogP contribution in [-0.2, 0) is 25.9 Å². The van der Waals surface area contributed by atoms with E-state index >= 15 is 0 Å². The minimum Gasteiger partial charge on any atom is -0.436 e. The zero-order chi connectivity index (χ0) is 25.8. The molecule has 11 heteroatoms. The molecule has 2 unspecified atom stereocenters. The Labute approximate surface area is 214 Å². The van der Waals surface area contributed by atoms with Gasteiger partial charge < -0.3 is 25.9 Å². The predicted octanol–water partition coefficient (Wildman–Crippen LogP) is 6.98. The number of rotatable bonds is 13. The Hall–Kier alpha value is 0.844. The molecule has 0 spiro atoms. The summed E-state index contributed by atoms with van der Waals surface area (Å²) in [5.74, 6) is 0.939. The van der Waals surface area contributed by atoms with Gasteiger partial charge in [0.05, 0.1) is 0 Å². The highest BCUT2D eigenvalue weighted by molar-refractivity contribution is 6.91. The van der Waals surface area contributed by atoms with Gasteiger partial charge in [-0.25, -0.2) is 0 Å². The summed E-state index contributed by atoms with van der Waals surface area (Å²) in [5.41, 5.74) is -0.560. The Bertz CT molecular complexity index is 735. The topological polar surface area (TPSA) is 58.7 Å². The minimum atomic E-state index is -2.50. The maximum Gasteiger partial charge on any atom is 0.314 e. The van der Waals surface area contributed by atoms with Gasteiger partial charge in [0.1, 0.15) is 6.10 Å². The molecule has 200 valence electrons. The van der Waals surface area contributed by atoms with Crippen LogP contribution in [0.15, 0.2) is 0 Å². The fraction of sp³-hybridized carbons (Fsp3) is 1.00. The summed E-state index contributed by atoms with van der Waals surface area (Å²) in [6, 6.07) is 0. The zero-order valence-electron chi connectivity index (χ0n) is 24.1. The van der Waals surface area contributed by atoms with Crippen LogP contribution in [0.5, 0.6) is 0 Å². The van der Waals surface area contributed by atoms with Gasteiger partial charge in [-0.2, -0.15) is 0 Å². The number of ether oxygens (including phenoxy) is 2. The van der Waals surface area contributed by atoms with Crippen molar-refractivity contribution in [1.82, 2.24) is 0 Å². The second-order valence-corrected chi connectivity index (χ2v) is 32.8. The highest BCUT2D eigenvalue weighted by Gasteiger charge is 2.69. The summed E-state index contributed by atoms with van der Waals surface area (Å²) in [7, 11) is -11.6. The van der Waals surface area contributed by atoms with Crippen molar-refractivity contribution in [2.24, 2.45) is 5.92 Å². The van der Waals surface area contributed by atoms with Gasteiger partial charge in [0.15, 0.2) is 8.32 Å². The summed E-state index contributed by atoms with van der Waals surface area (Å²) in [4.78, 5) is 0. The maximum atomic E-state index is 7.06. The van der Waals surface area contributed by atoms with Crippen molar-refractivity contribution in [3.63, 3.8) is 0 Å².